The minimum Gasteiger partial charge on any atom is -0.481 e. The molecule has 0 aliphatic heterocycles. The maximum absolute atomic E-state index is 12.1. The zero-order chi connectivity index (χ0) is 14.7. The van der Waals surface area contributed by atoms with Crippen LogP contribution in [-0.2, 0) is 4.79 Å². The summed E-state index contributed by atoms with van der Waals surface area (Å²) >= 11 is 0. The molecule has 2 nitrogen and oxygen atoms in total. The summed E-state index contributed by atoms with van der Waals surface area (Å²) in [7, 11) is 0. The van der Waals surface area contributed by atoms with Gasteiger partial charge in [0.05, 0.1) is 5.92 Å². The summed E-state index contributed by atoms with van der Waals surface area (Å²) in [6.07, 6.45) is 16.9. The highest BCUT2D eigenvalue weighted by Gasteiger charge is 2.44. The van der Waals surface area contributed by atoms with Crippen molar-refractivity contribution in [1.29, 1.82) is 0 Å². The van der Waals surface area contributed by atoms with Gasteiger partial charge in [-0.2, -0.15) is 0 Å². The molecule has 0 amide bonds. The first-order chi connectivity index (χ1) is 10.3. The Labute approximate surface area is 129 Å². The summed E-state index contributed by atoms with van der Waals surface area (Å²) in [6, 6.07) is 0. The first-order valence-electron chi connectivity index (χ1n) is 9.50. The third kappa shape index (κ3) is 3.46. The lowest BCUT2D eigenvalue weighted by Gasteiger charge is -2.45. The number of hydrogen-bond donors (Lipinski definition) is 1. The van der Waals surface area contributed by atoms with E-state index in [9.17, 15) is 9.90 Å². The highest BCUT2D eigenvalue weighted by molar-refractivity contribution is 5.71. The van der Waals surface area contributed by atoms with Crippen molar-refractivity contribution >= 4 is 5.97 Å². The largest absolute Gasteiger partial charge is 0.481 e. The van der Waals surface area contributed by atoms with Crippen molar-refractivity contribution in [1.82, 2.24) is 0 Å². The van der Waals surface area contributed by atoms with Crippen LogP contribution in [0.5, 0.6) is 0 Å². The van der Waals surface area contributed by atoms with Crippen molar-refractivity contribution in [2.45, 2.75) is 83.5 Å². The molecule has 0 spiro atoms. The second-order valence-electron chi connectivity index (χ2n) is 7.92. The van der Waals surface area contributed by atoms with Gasteiger partial charge in [0.2, 0.25) is 0 Å². The normalized spacial score (nSPS) is 36.5. The molecule has 2 heteroatoms. The number of hydrogen-bond acceptors (Lipinski definition) is 1. The molecule has 120 valence electrons. The molecular weight excluding hydrogens is 260 g/mol. The molecule has 0 aromatic rings. The fraction of sp³-hybridized carbons (Fsp3) is 0.947. The maximum Gasteiger partial charge on any atom is 0.307 e. The molecule has 2 atom stereocenters. The average molecular weight is 292 g/mol. The van der Waals surface area contributed by atoms with Crippen LogP contribution in [0.1, 0.15) is 83.5 Å². The zero-order valence-electron chi connectivity index (χ0n) is 13.4. The van der Waals surface area contributed by atoms with Crippen LogP contribution in [0.2, 0.25) is 0 Å². The van der Waals surface area contributed by atoms with E-state index < -0.39 is 5.97 Å². The van der Waals surface area contributed by atoms with E-state index in [0.29, 0.717) is 23.7 Å². The van der Waals surface area contributed by atoms with Gasteiger partial charge in [0.1, 0.15) is 0 Å². The number of carbonyl (C=O) groups is 1. The minimum absolute atomic E-state index is 0.0232. The summed E-state index contributed by atoms with van der Waals surface area (Å²) in [6.45, 7) is 0. The van der Waals surface area contributed by atoms with E-state index in [1.807, 2.05) is 0 Å². The third-order valence-electron chi connectivity index (χ3n) is 6.79. The topological polar surface area (TPSA) is 37.3 Å². The Balaban J connectivity index is 1.74. The molecule has 3 saturated carbocycles. The number of carboxylic acids is 1. The fourth-order valence-corrected chi connectivity index (χ4v) is 5.81. The third-order valence-corrected chi connectivity index (χ3v) is 6.79. The molecule has 0 saturated heterocycles. The molecule has 21 heavy (non-hydrogen) atoms. The van der Waals surface area contributed by atoms with Crippen molar-refractivity contribution in [2.75, 3.05) is 0 Å². The van der Waals surface area contributed by atoms with Crippen LogP contribution < -0.4 is 0 Å². The molecular formula is C19H32O2. The van der Waals surface area contributed by atoms with Crippen LogP contribution in [0.15, 0.2) is 0 Å². The van der Waals surface area contributed by atoms with E-state index in [0.717, 1.165) is 0 Å². The summed E-state index contributed by atoms with van der Waals surface area (Å²) in [5, 5.41) is 9.94. The Kier molecular flexibility index (Phi) is 5.24. The Hall–Kier alpha value is -0.530. The second-order valence-corrected chi connectivity index (χ2v) is 7.92. The smallest absolute Gasteiger partial charge is 0.307 e. The zero-order valence-corrected chi connectivity index (χ0v) is 13.4. The van der Waals surface area contributed by atoms with Gasteiger partial charge in [0.15, 0.2) is 0 Å². The molecule has 2 unspecified atom stereocenters. The Bertz CT molecular complexity index is 313. The summed E-state index contributed by atoms with van der Waals surface area (Å²) in [4.78, 5) is 12.1. The van der Waals surface area contributed by atoms with Gasteiger partial charge in [-0.3, -0.25) is 4.79 Å². The molecule has 0 heterocycles. The van der Waals surface area contributed by atoms with E-state index in [4.69, 9.17) is 0 Å². The minimum atomic E-state index is -0.471. The van der Waals surface area contributed by atoms with Crippen LogP contribution in [-0.4, -0.2) is 11.1 Å². The van der Waals surface area contributed by atoms with Crippen LogP contribution in [0, 0.1) is 29.6 Å². The number of aliphatic carboxylic acids is 1. The van der Waals surface area contributed by atoms with Crippen LogP contribution in [0.25, 0.3) is 0 Å². The predicted molar refractivity (Wildman–Crippen MR) is 85.1 cm³/mol. The van der Waals surface area contributed by atoms with Crippen LogP contribution in [0.3, 0.4) is 0 Å². The Morgan fingerprint density at radius 2 is 1.05 bits per heavy atom. The van der Waals surface area contributed by atoms with Gasteiger partial charge in [-0.15, -0.1) is 0 Å². The van der Waals surface area contributed by atoms with Gasteiger partial charge in [-0.1, -0.05) is 70.6 Å². The first kappa shape index (κ1) is 15.4. The molecule has 3 aliphatic rings. The van der Waals surface area contributed by atoms with Crippen molar-refractivity contribution in [3.05, 3.63) is 0 Å². The average Bonchev–Trinajstić information content (AvgIpc) is 2.55. The van der Waals surface area contributed by atoms with E-state index in [2.05, 4.69) is 0 Å². The lowest BCUT2D eigenvalue weighted by molar-refractivity contribution is -0.151. The number of carboxylic acid groups (broad SMARTS) is 1. The van der Waals surface area contributed by atoms with Gasteiger partial charge in [0, 0.05) is 0 Å². The van der Waals surface area contributed by atoms with E-state index >= 15 is 0 Å². The maximum atomic E-state index is 12.1. The SMILES string of the molecule is O=C(O)C1C(C2CCCCC2)CCCC1C1CCCCC1. The molecule has 3 rings (SSSR count). The lowest BCUT2D eigenvalue weighted by Crippen LogP contribution is -2.42. The standard InChI is InChI=1S/C19H32O2/c20-19(21)18-16(14-8-3-1-4-9-14)12-7-13-17(18)15-10-5-2-6-11-15/h14-18H,1-13H2,(H,20,21). The van der Waals surface area contributed by atoms with E-state index in [-0.39, 0.29) is 5.92 Å². The highest BCUT2D eigenvalue weighted by atomic mass is 16.4. The second kappa shape index (κ2) is 7.15. The van der Waals surface area contributed by atoms with Crippen LogP contribution >= 0.6 is 0 Å². The molecule has 0 aromatic carbocycles. The van der Waals surface area contributed by atoms with E-state index in [1.54, 1.807) is 0 Å². The first-order valence-corrected chi connectivity index (χ1v) is 9.50. The van der Waals surface area contributed by atoms with Crippen molar-refractivity contribution in [3.63, 3.8) is 0 Å². The van der Waals surface area contributed by atoms with Crippen molar-refractivity contribution in [2.24, 2.45) is 29.6 Å². The lowest BCUT2D eigenvalue weighted by atomic mass is 9.59. The van der Waals surface area contributed by atoms with Gasteiger partial charge >= 0.3 is 5.97 Å². The molecule has 0 radical (unpaired) electrons. The van der Waals surface area contributed by atoms with Gasteiger partial charge < -0.3 is 5.11 Å². The number of rotatable bonds is 3. The van der Waals surface area contributed by atoms with Crippen molar-refractivity contribution < 1.29 is 9.90 Å². The Morgan fingerprint density at radius 3 is 1.43 bits per heavy atom. The van der Waals surface area contributed by atoms with Crippen molar-refractivity contribution in [3.8, 4) is 0 Å². The van der Waals surface area contributed by atoms with Gasteiger partial charge in [-0.25, -0.2) is 0 Å². The Morgan fingerprint density at radius 1 is 0.619 bits per heavy atom. The van der Waals surface area contributed by atoms with E-state index in [1.165, 1.54) is 83.5 Å². The fourth-order valence-electron chi connectivity index (χ4n) is 5.81. The van der Waals surface area contributed by atoms with Gasteiger partial charge in [0.25, 0.3) is 0 Å². The molecule has 3 aliphatic carbocycles. The van der Waals surface area contributed by atoms with Crippen LogP contribution in [0.4, 0.5) is 0 Å². The quantitative estimate of drug-likeness (QED) is 0.770. The summed E-state index contributed by atoms with van der Waals surface area (Å²) in [5.74, 6) is 1.91. The van der Waals surface area contributed by atoms with Gasteiger partial charge in [-0.05, 0) is 36.5 Å². The molecule has 3 fully saturated rings. The summed E-state index contributed by atoms with van der Waals surface area (Å²) in [5.41, 5.74) is 0. The highest BCUT2D eigenvalue weighted by Crippen LogP contribution is 2.48. The predicted octanol–water partition coefficient (Wildman–Crippen LogP) is 5.26. The molecule has 1 N–H and O–H groups in total. The summed E-state index contributed by atoms with van der Waals surface area (Å²) < 4.78 is 0. The monoisotopic (exact) mass is 292 g/mol. The molecule has 0 aromatic heterocycles. The molecule has 0 bridgehead atoms.